The van der Waals surface area contributed by atoms with Crippen molar-refractivity contribution in [2.75, 3.05) is 11.9 Å². The van der Waals surface area contributed by atoms with E-state index in [-0.39, 0.29) is 18.1 Å². The van der Waals surface area contributed by atoms with Crippen molar-refractivity contribution in [1.29, 1.82) is 0 Å². The second-order valence-electron chi connectivity index (χ2n) is 4.75. The zero-order valence-electron chi connectivity index (χ0n) is 9.41. The molecule has 3 nitrogen and oxygen atoms in total. The van der Waals surface area contributed by atoms with Gasteiger partial charge < -0.3 is 10.4 Å². The van der Waals surface area contributed by atoms with E-state index in [1.165, 1.54) is 6.07 Å². The van der Waals surface area contributed by atoms with E-state index in [1.54, 1.807) is 12.1 Å². The van der Waals surface area contributed by atoms with Crippen LogP contribution in [0.15, 0.2) is 18.2 Å². The number of aromatic nitrogens is 1. The molecule has 1 aromatic heterocycles. The number of rotatable bonds is 3. The number of halogens is 1. The summed E-state index contributed by atoms with van der Waals surface area (Å²) < 4.78 is 12.9. The van der Waals surface area contributed by atoms with Gasteiger partial charge in [-0.2, -0.15) is 4.39 Å². The summed E-state index contributed by atoms with van der Waals surface area (Å²) in [4.78, 5) is 3.78. The summed E-state index contributed by atoms with van der Waals surface area (Å²) in [6.45, 7) is 2.21. The zero-order chi connectivity index (χ0) is 11.6. The Bertz CT molecular complexity index is 372. The van der Waals surface area contributed by atoms with Crippen LogP contribution in [-0.4, -0.2) is 22.7 Å². The van der Waals surface area contributed by atoms with Crippen LogP contribution in [0.3, 0.4) is 0 Å². The maximum Gasteiger partial charge on any atom is 0.214 e. The third-order valence-corrected chi connectivity index (χ3v) is 3.48. The van der Waals surface area contributed by atoms with Crippen molar-refractivity contribution >= 4 is 5.82 Å². The largest absolute Gasteiger partial charge is 0.396 e. The molecule has 0 unspecified atom stereocenters. The van der Waals surface area contributed by atoms with Gasteiger partial charge in [0.2, 0.25) is 5.95 Å². The first-order chi connectivity index (χ1) is 7.64. The fraction of sp³-hybridized carbons (Fsp3) is 0.583. The Morgan fingerprint density at radius 3 is 3.12 bits per heavy atom. The lowest BCUT2D eigenvalue weighted by atomic mass is 9.86. The summed E-state index contributed by atoms with van der Waals surface area (Å²) in [7, 11) is 0. The first kappa shape index (κ1) is 11.3. The van der Waals surface area contributed by atoms with Crippen molar-refractivity contribution in [3.05, 3.63) is 24.1 Å². The highest BCUT2D eigenvalue weighted by Gasteiger charge is 2.38. The van der Waals surface area contributed by atoms with Crippen LogP contribution in [0, 0.1) is 11.4 Å². The minimum atomic E-state index is -0.478. The van der Waals surface area contributed by atoms with Gasteiger partial charge in [-0.25, -0.2) is 4.98 Å². The molecular weight excluding hydrogens is 207 g/mol. The summed E-state index contributed by atoms with van der Waals surface area (Å²) in [5, 5.41) is 12.6. The third kappa shape index (κ3) is 2.16. The van der Waals surface area contributed by atoms with Gasteiger partial charge in [-0.3, -0.25) is 0 Å². The fourth-order valence-corrected chi connectivity index (χ4v) is 2.34. The van der Waals surface area contributed by atoms with Crippen molar-refractivity contribution in [1.82, 2.24) is 4.98 Å². The summed E-state index contributed by atoms with van der Waals surface area (Å²) in [6, 6.07) is 4.88. The molecule has 2 N–H and O–H groups in total. The van der Waals surface area contributed by atoms with Crippen LogP contribution in [0.1, 0.15) is 26.2 Å². The molecule has 2 atom stereocenters. The molecule has 0 saturated heterocycles. The summed E-state index contributed by atoms with van der Waals surface area (Å²) >= 11 is 0. The van der Waals surface area contributed by atoms with E-state index in [0.717, 1.165) is 19.3 Å². The maximum atomic E-state index is 12.9. The lowest BCUT2D eigenvalue weighted by molar-refractivity contribution is 0.139. The first-order valence-electron chi connectivity index (χ1n) is 5.64. The van der Waals surface area contributed by atoms with Crippen LogP contribution in [-0.2, 0) is 0 Å². The van der Waals surface area contributed by atoms with Crippen molar-refractivity contribution in [3.63, 3.8) is 0 Å². The molecule has 2 rings (SSSR count). The molecule has 0 bridgehead atoms. The average Bonchev–Trinajstić information content (AvgIpc) is 2.61. The summed E-state index contributed by atoms with van der Waals surface area (Å²) in [5.41, 5.74) is -0.117. The molecule has 0 spiro atoms. The van der Waals surface area contributed by atoms with Crippen molar-refractivity contribution in [2.24, 2.45) is 5.41 Å². The summed E-state index contributed by atoms with van der Waals surface area (Å²) in [6.07, 6.45) is 3.08. The lowest BCUT2D eigenvalue weighted by Crippen LogP contribution is -2.36. The van der Waals surface area contributed by atoms with Crippen LogP contribution in [0.25, 0.3) is 0 Å². The minimum Gasteiger partial charge on any atom is -0.396 e. The Morgan fingerprint density at radius 1 is 1.62 bits per heavy atom. The SMILES string of the molecule is C[C@@]1(CO)CCC[C@@H]1Nc1cccc(F)n1. The Hall–Kier alpha value is -1.16. The van der Waals surface area contributed by atoms with Gasteiger partial charge in [0.25, 0.3) is 0 Å². The Labute approximate surface area is 94.7 Å². The molecule has 1 fully saturated rings. The van der Waals surface area contributed by atoms with Gasteiger partial charge in [-0.05, 0) is 25.0 Å². The number of aliphatic hydroxyl groups is 1. The molecule has 88 valence electrons. The predicted octanol–water partition coefficient (Wildman–Crippen LogP) is 2.18. The van der Waals surface area contributed by atoms with Crippen LogP contribution < -0.4 is 5.32 Å². The molecule has 0 radical (unpaired) electrons. The topological polar surface area (TPSA) is 45.1 Å². The molecule has 1 aromatic rings. The monoisotopic (exact) mass is 224 g/mol. The van der Waals surface area contributed by atoms with Crippen LogP contribution in [0.5, 0.6) is 0 Å². The summed E-state index contributed by atoms with van der Waals surface area (Å²) in [5.74, 6) is 0.0697. The van der Waals surface area contributed by atoms with E-state index in [4.69, 9.17) is 0 Å². The third-order valence-electron chi connectivity index (χ3n) is 3.48. The van der Waals surface area contributed by atoms with Gasteiger partial charge in [0.05, 0.1) is 6.61 Å². The molecule has 1 saturated carbocycles. The molecule has 1 heterocycles. The van der Waals surface area contributed by atoms with Gasteiger partial charge in [-0.1, -0.05) is 19.4 Å². The van der Waals surface area contributed by atoms with E-state index < -0.39 is 5.95 Å². The number of aliphatic hydroxyl groups excluding tert-OH is 1. The molecule has 1 aliphatic carbocycles. The van der Waals surface area contributed by atoms with Gasteiger partial charge in [-0.15, -0.1) is 0 Å². The highest BCUT2D eigenvalue weighted by Crippen LogP contribution is 2.38. The molecule has 1 aliphatic rings. The number of hydrogen-bond donors (Lipinski definition) is 2. The first-order valence-corrected chi connectivity index (χ1v) is 5.64. The standard InChI is InChI=1S/C12H17FN2O/c1-12(8-16)7-3-4-9(12)14-11-6-2-5-10(13)15-11/h2,5-6,9,16H,3-4,7-8H2,1H3,(H,14,15)/t9-,12-/m0/s1. The fourth-order valence-electron chi connectivity index (χ4n) is 2.34. The molecule has 16 heavy (non-hydrogen) atoms. The number of nitrogens with zero attached hydrogens (tertiary/aromatic N) is 1. The number of anilines is 1. The Balaban J connectivity index is 2.10. The zero-order valence-corrected chi connectivity index (χ0v) is 9.41. The molecule has 0 aliphatic heterocycles. The minimum absolute atomic E-state index is 0.117. The Morgan fingerprint density at radius 2 is 2.44 bits per heavy atom. The predicted molar refractivity (Wildman–Crippen MR) is 60.6 cm³/mol. The normalized spacial score (nSPS) is 29.3. The molecule has 0 aromatic carbocycles. The van der Waals surface area contributed by atoms with E-state index in [0.29, 0.717) is 5.82 Å². The van der Waals surface area contributed by atoms with E-state index in [1.807, 2.05) is 0 Å². The van der Waals surface area contributed by atoms with Gasteiger partial charge in [0.15, 0.2) is 0 Å². The quantitative estimate of drug-likeness (QED) is 0.773. The maximum absolute atomic E-state index is 12.9. The molecule has 0 amide bonds. The van der Waals surface area contributed by atoms with Crippen LogP contribution in [0.4, 0.5) is 10.2 Å². The highest BCUT2D eigenvalue weighted by atomic mass is 19.1. The molecular formula is C12H17FN2O. The highest BCUT2D eigenvalue weighted by molar-refractivity contribution is 5.36. The number of nitrogens with one attached hydrogen (secondary N) is 1. The van der Waals surface area contributed by atoms with Crippen LogP contribution >= 0.6 is 0 Å². The lowest BCUT2D eigenvalue weighted by Gasteiger charge is -2.30. The number of hydrogen-bond acceptors (Lipinski definition) is 3. The Kier molecular flexibility index (Phi) is 3.10. The van der Waals surface area contributed by atoms with E-state index >= 15 is 0 Å². The van der Waals surface area contributed by atoms with E-state index in [9.17, 15) is 9.50 Å². The van der Waals surface area contributed by atoms with Gasteiger partial charge in [0.1, 0.15) is 5.82 Å². The van der Waals surface area contributed by atoms with Gasteiger partial charge in [0, 0.05) is 11.5 Å². The van der Waals surface area contributed by atoms with Crippen molar-refractivity contribution < 1.29 is 9.50 Å². The van der Waals surface area contributed by atoms with Gasteiger partial charge >= 0.3 is 0 Å². The van der Waals surface area contributed by atoms with E-state index in [2.05, 4.69) is 17.2 Å². The van der Waals surface area contributed by atoms with Crippen LogP contribution in [0.2, 0.25) is 0 Å². The second kappa shape index (κ2) is 4.37. The van der Waals surface area contributed by atoms with Crippen molar-refractivity contribution in [2.45, 2.75) is 32.2 Å². The molecule has 4 heteroatoms. The smallest absolute Gasteiger partial charge is 0.214 e. The van der Waals surface area contributed by atoms with Crippen molar-refractivity contribution in [3.8, 4) is 0 Å². The second-order valence-corrected chi connectivity index (χ2v) is 4.75. The average molecular weight is 224 g/mol. The number of pyridine rings is 1.